The average Bonchev–Trinajstić information content (AvgIpc) is 2.22. The molecule has 1 aliphatic heterocycles. The minimum atomic E-state index is -0.716. The second-order valence-electron chi connectivity index (χ2n) is 3.13. The molecule has 0 unspecified atom stereocenters. The van der Waals surface area contributed by atoms with E-state index in [1.807, 2.05) is 0 Å². The third-order valence-corrected chi connectivity index (χ3v) is 2.18. The van der Waals surface area contributed by atoms with E-state index in [4.69, 9.17) is 0 Å². The summed E-state index contributed by atoms with van der Waals surface area (Å²) in [6, 6.07) is -0.716. The van der Waals surface area contributed by atoms with Gasteiger partial charge in [0.2, 0.25) is 5.91 Å². The topological polar surface area (TPSA) is 81.7 Å². The summed E-state index contributed by atoms with van der Waals surface area (Å²) in [5.74, 6) is -2.00. The van der Waals surface area contributed by atoms with E-state index in [9.17, 15) is 14.4 Å². The van der Waals surface area contributed by atoms with Gasteiger partial charge in [0.15, 0.2) is 0 Å². The Hall–Kier alpha value is -1.59. The maximum Gasteiger partial charge on any atom is 0.329 e. The zero-order chi connectivity index (χ0) is 11.4. The highest BCUT2D eigenvalue weighted by Crippen LogP contribution is 2.20. The molecule has 0 aromatic heterocycles. The van der Waals surface area contributed by atoms with Crippen molar-refractivity contribution in [1.29, 1.82) is 0 Å². The van der Waals surface area contributed by atoms with Crippen molar-refractivity contribution in [1.82, 2.24) is 5.32 Å². The van der Waals surface area contributed by atoms with Gasteiger partial charge < -0.3 is 14.8 Å². The first-order chi connectivity index (χ1) is 7.10. The molecule has 84 valence electrons. The number of carbonyl (C=O) groups excluding carboxylic acids is 3. The van der Waals surface area contributed by atoms with Crippen LogP contribution >= 0.6 is 0 Å². The lowest BCUT2D eigenvalue weighted by atomic mass is 9.87. The largest absolute Gasteiger partial charge is 0.467 e. The van der Waals surface area contributed by atoms with Crippen LogP contribution in [0.15, 0.2) is 0 Å². The van der Waals surface area contributed by atoms with Gasteiger partial charge in [0, 0.05) is 0 Å². The molecular formula is C9H13NO5. The van der Waals surface area contributed by atoms with Crippen molar-refractivity contribution >= 4 is 17.8 Å². The molecule has 1 fully saturated rings. The van der Waals surface area contributed by atoms with Crippen LogP contribution in [0.1, 0.15) is 13.3 Å². The minimum absolute atomic E-state index is 0.0839. The SMILES string of the molecule is CCOC(=O)C[C@@H]1C(=O)N[C@@H]1C(=O)OC. The molecule has 1 saturated heterocycles. The molecule has 0 aliphatic carbocycles. The summed E-state index contributed by atoms with van der Waals surface area (Å²) in [6.45, 7) is 1.94. The maximum absolute atomic E-state index is 11.1. The van der Waals surface area contributed by atoms with E-state index in [2.05, 4.69) is 14.8 Å². The van der Waals surface area contributed by atoms with E-state index in [-0.39, 0.29) is 18.9 Å². The highest BCUT2D eigenvalue weighted by atomic mass is 16.5. The van der Waals surface area contributed by atoms with Gasteiger partial charge >= 0.3 is 11.9 Å². The molecule has 2 atom stereocenters. The molecule has 0 aromatic rings. The van der Waals surface area contributed by atoms with Gasteiger partial charge in [-0.05, 0) is 6.92 Å². The van der Waals surface area contributed by atoms with Crippen LogP contribution in [0.5, 0.6) is 0 Å². The van der Waals surface area contributed by atoms with Crippen molar-refractivity contribution in [2.24, 2.45) is 5.92 Å². The fourth-order valence-corrected chi connectivity index (χ4v) is 1.38. The molecule has 15 heavy (non-hydrogen) atoms. The molecule has 6 nitrogen and oxygen atoms in total. The van der Waals surface area contributed by atoms with Gasteiger partial charge in [-0.1, -0.05) is 0 Å². The summed E-state index contributed by atoms with van der Waals surface area (Å²) in [4.78, 5) is 33.3. The number of nitrogens with one attached hydrogen (secondary N) is 1. The molecule has 1 rings (SSSR count). The summed E-state index contributed by atoms with van der Waals surface area (Å²) in [7, 11) is 1.23. The van der Waals surface area contributed by atoms with Gasteiger partial charge in [-0.3, -0.25) is 9.59 Å². The molecule has 6 heteroatoms. The third-order valence-electron chi connectivity index (χ3n) is 2.18. The Balaban J connectivity index is 2.49. The monoisotopic (exact) mass is 215 g/mol. The Morgan fingerprint density at radius 1 is 1.47 bits per heavy atom. The molecule has 0 aromatic carbocycles. The van der Waals surface area contributed by atoms with Crippen LogP contribution in [-0.4, -0.2) is 37.6 Å². The molecule has 0 radical (unpaired) electrons. The van der Waals surface area contributed by atoms with Crippen LogP contribution < -0.4 is 5.32 Å². The molecule has 1 aliphatic rings. The second-order valence-corrected chi connectivity index (χ2v) is 3.13. The van der Waals surface area contributed by atoms with Crippen LogP contribution in [0.25, 0.3) is 0 Å². The number of hydrogen-bond donors (Lipinski definition) is 1. The molecule has 1 heterocycles. The quantitative estimate of drug-likeness (QED) is 0.491. The van der Waals surface area contributed by atoms with Crippen LogP contribution in [0, 0.1) is 5.92 Å². The Bertz CT molecular complexity index is 288. The van der Waals surface area contributed by atoms with Crippen molar-refractivity contribution < 1.29 is 23.9 Å². The second kappa shape index (κ2) is 4.77. The van der Waals surface area contributed by atoms with Gasteiger partial charge in [0.05, 0.1) is 26.1 Å². The first kappa shape index (κ1) is 11.5. The van der Waals surface area contributed by atoms with Gasteiger partial charge in [-0.2, -0.15) is 0 Å². The summed E-state index contributed by atoms with van der Waals surface area (Å²) in [6.07, 6.45) is -0.0839. The zero-order valence-corrected chi connectivity index (χ0v) is 8.61. The number of ether oxygens (including phenoxy) is 2. The normalized spacial score (nSPS) is 23.7. The Labute approximate surface area is 86.9 Å². The van der Waals surface area contributed by atoms with Gasteiger partial charge in [0.25, 0.3) is 0 Å². The highest BCUT2D eigenvalue weighted by Gasteiger charge is 2.46. The van der Waals surface area contributed by atoms with Crippen LogP contribution in [0.2, 0.25) is 0 Å². The lowest BCUT2D eigenvalue weighted by Crippen LogP contribution is -2.62. The fourth-order valence-electron chi connectivity index (χ4n) is 1.38. The van der Waals surface area contributed by atoms with Crippen LogP contribution in [0.4, 0.5) is 0 Å². The van der Waals surface area contributed by atoms with Gasteiger partial charge in [-0.25, -0.2) is 4.79 Å². The summed E-state index contributed by atoms with van der Waals surface area (Å²) in [5, 5.41) is 2.37. The molecule has 0 spiro atoms. The minimum Gasteiger partial charge on any atom is -0.467 e. The average molecular weight is 215 g/mol. The fraction of sp³-hybridized carbons (Fsp3) is 0.667. The highest BCUT2D eigenvalue weighted by molar-refractivity contribution is 5.99. The summed E-state index contributed by atoms with van der Waals surface area (Å²) >= 11 is 0. The number of carbonyl (C=O) groups is 3. The summed E-state index contributed by atoms with van der Waals surface area (Å²) in [5.41, 5.74) is 0. The van der Waals surface area contributed by atoms with E-state index < -0.39 is 23.9 Å². The molecule has 0 bridgehead atoms. The Morgan fingerprint density at radius 3 is 2.60 bits per heavy atom. The lowest BCUT2D eigenvalue weighted by Gasteiger charge is -2.33. The van der Waals surface area contributed by atoms with Crippen LogP contribution in [-0.2, 0) is 23.9 Å². The number of amides is 1. The van der Waals surface area contributed by atoms with Crippen molar-refractivity contribution in [2.45, 2.75) is 19.4 Å². The molecular weight excluding hydrogens is 202 g/mol. The first-order valence-corrected chi connectivity index (χ1v) is 4.64. The van der Waals surface area contributed by atoms with Gasteiger partial charge in [-0.15, -0.1) is 0 Å². The number of hydrogen-bond acceptors (Lipinski definition) is 5. The van der Waals surface area contributed by atoms with Gasteiger partial charge in [0.1, 0.15) is 6.04 Å². The van der Waals surface area contributed by atoms with E-state index >= 15 is 0 Å². The predicted molar refractivity (Wildman–Crippen MR) is 48.7 cm³/mol. The number of methoxy groups -OCH3 is 1. The van der Waals surface area contributed by atoms with Crippen molar-refractivity contribution in [3.05, 3.63) is 0 Å². The first-order valence-electron chi connectivity index (χ1n) is 4.64. The van der Waals surface area contributed by atoms with E-state index in [1.54, 1.807) is 6.92 Å². The van der Waals surface area contributed by atoms with E-state index in [0.29, 0.717) is 0 Å². The molecule has 1 amide bonds. The number of β-lactam (4-membered cyclic amide) rings is 1. The van der Waals surface area contributed by atoms with E-state index in [1.165, 1.54) is 7.11 Å². The van der Waals surface area contributed by atoms with Crippen molar-refractivity contribution in [2.75, 3.05) is 13.7 Å². The van der Waals surface area contributed by atoms with Crippen LogP contribution in [0.3, 0.4) is 0 Å². The lowest BCUT2D eigenvalue weighted by molar-refractivity contribution is -0.159. The smallest absolute Gasteiger partial charge is 0.329 e. The molecule has 1 N–H and O–H groups in total. The number of rotatable bonds is 4. The summed E-state index contributed by atoms with van der Waals surface area (Å²) < 4.78 is 9.16. The predicted octanol–water partition coefficient (Wildman–Crippen LogP) is -0.773. The maximum atomic E-state index is 11.1. The van der Waals surface area contributed by atoms with Crippen molar-refractivity contribution in [3.63, 3.8) is 0 Å². The Morgan fingerprint density at radius 2 is 2.13 bits per heavy atom. The number of esters is 2. The third kappa shape index (κ3) is 2.45. The van der Waals surface area contributed by atoms with E-state index in [0.717, 1.165) is 0 Å². The zero-order valence-electron chi connectivity index (χ0n) is 8.61. The Kier molecular flexibility index (Phi) is 3.65. The molecule has 0 saturated carbocycles. The standard InChI is InChI=1S/C9H13NO5/c1-3-15-6(11)4-5-7(9(13)14-2)10-8(5)12/h5,7H,3-4H2,1-2H3,(H,10,12)/t5-,7-/m0/s1. The van der Waals surface area contributed by atoms with Crippen molar-refractivity contribution in [3.8, 4) is 0 Å².